The number of nitrogens with zero attached hydrogens (tertiary/aromatic N) is 2. The van der Waals surface area contributed by atoms with Gasteiger partial charge in [-0.25, -0.2) is 5.43 Å². The van der Waals surface area contributed by atoms with Gasteiger partial charge in [-0.2, -0.15) is 5.10 Å². The summed E-state index contributed by atoms with van der Waals surface area (Å²) in [7, 11) is 3.93. The van der Waals surface area contributed by atoms with Crippen LogP contribution in [0.2, 0.25) is 0 Å². The minimum absolute atomic E-state index is 0.00946. The average Bonchev–Trinajstić information content (AvgIpc) is 2.54. The van der Waals surface area contributed by atoms with Crippen LogP contribution in [-0.4, -0.2) is 37.9 Å². The minimum atomic E-state index is -0.408. The van der Waals surface area contributed by atoms with E-state index in [1.165, 1.54) is 6.07 Å². The SMILES string of the molecule is CN(C)c1ccc(C=NNC(=O)COc2ccccc2O)cc1. The number of hydrogen-bond donors (Lipinski definition) is 2. The number of phenols is 1. The van der Waals surface area contributed by atoms with Gasteiger partial charge in [-0.15, -0.1) is 0 Å². The Morgan fingerprint density at radius 3 is 2.57 bits per heavy atom. The normalized spacial score (nSPS) is 10.5. The largest absolute Gasteiger partial charge is 0.504 e. The smallest absolute Gasteiger partial charge is 0.277 e. The molecule has 120 valence electrons. The molecule has 6 nitrogen and oxygen atoms in total. The number of benzene rings is 2. The molecule has 0 aliphatic rings. The van der Waals surface area contributed by atoms with E-state index in [9.17, 15) is 9.90 Å². The molecule has 0 aromatic heterocycles. The standard InChI is InChI=1S/C17H19N3O3/c1-20(2)14-9-7-13(8-10-14)11-18-19-17(22)12-23-16-6-4-3-5-15(16)21/h3-11,21H,12H2,1-2H3,(H,19,22). The van der Waals surface area contributed by atoms with Crippen molar-refractivity contribution in [2.24, 2.45) is 5.10 Å². The van der Waals surface area contributed by atoms with Crippen LogP contribution in [0.3, 0.4) is 0 Å². The van der Waals surface area contributed by atoms with E-state index in [0.717, 1.165) is 11.3 Å². The van der Waals surface area contributed by atoms with Crippen molar-refractivity contribution < 1.29 is 14.6 Å². The molecule has 2 aromatic rings. The fraction of sp³-hybridized carbons (Fsp3) is 0.176. The molecule has 0 aliphatic carbocycles. The second-order valence-electron chi connectivity index (χ2n) is 5.04. The predicted octanol–water partition coefficient (Wildman–Crippen LogP) is 1.99. The van der Waals surface area contributed by atoms with Gasteiger partial charge in [0.05, 0.1) is 6.21 Å². The predicted molar refractivity (Wildman–Crippen MR) is 90.1 cm³/mol. The molecule has 0 saturated heterocycles. The Hall–Kier alpha value is -3.02. The molecule has 0 unspecified atom stereocenters. The lowest BCUT2D eigenvalue weighted by molar-refractivity contribution is -0.123. The Morgan fingerprint density at radius 1 is 1.22 bits per heavy atom. The highest BCUT2D eigenvalue weighted by Crippen LogP contribution is 2.23. The number of nitrogens with one attached hydrogen (secondary N) is 1. The quantitative estimate of drug-likeness (QED) is 0.632. The van der Waals surface area contributed by atoms with Crippen molar-refractivity contribution in [1.82, 2.24) is 5.43 Å². The summed E-state index contributed by atoms with van der Waals surface area (Å²) in [5.74, 6) is -0.162. The number of para-hydroxylation sites is 2. The second kappa shape index (κ2) is 7.84. The van der Waals surface area contributed by atoms with E-state index in [1.807, 2.05) is 43.3 Å². The van der Waals surface area contributed by atoms with Crippen LogP contribution in [-0.2, 0) is 4.79 Å². The molecule has 2 rings (SSSR count). The lowest BCUT2D eigenvalue weighted by Gasteiger charge is -2.11. The Balaban J connectivity index is 1.80. The monoisotopic (exact) mass is 313 g/mol. The van der Waals surface area contributed by atoms with Crippen molar-refractivity contribution in [1.29, 1.82) is 0 Å². The fourth-order valence-electron chi connectivity index (χ4n) is 1.79. The van der Waals surface area contributed by atoms with Crippen LogP contribution in [0, 0.1) is 0 Å². The number of carbonyl (C=O) groups is 1. The number of anilines is 1. The van der Waals surface area contributed by atoms with E-state index in [0.29, 0.717) is 0 Å². The first-order valence-corrected chi connectivity index (χ1v) is 7.06. The van der Waals surface area contributed by atoms with Crippen molar-refractivity contribution in [2.75, 3.05) is 25.6 Å². The molecule has 6 heteroatoms. The molecule has 0 heterocycles. The van der Waals surface area contributed by atoms with E-state index >= 15 is 0 Å². The first kappa shape index (κ1) is 16.4. The van der Waals surface area contributed by atoms with Crippen LogP contribution in [0.15, 0.2) is 53.6 Å². The summed E-state index contributed by atoms with van der Waals surface area (Å²) in [4.78, 5) is 13.6. The highest BCUT2D eigenvalue weighted by atomic mass is 16.5. The number of phenolic OH excluding ortho intramolecular Hbond substituents is 1. The van der Waals surface area contributed by atoms with Crippen LogP contribution in [0.25, 0.3) is 0 Å². The van der Waals surface area contributed by atoms with Crippen LogP contribution in [0.1, 0.15) is 5.56 Å². The van der Waals surface area contributed by atoms with Gasteiger partial charge in [-0.3, -0.25) is 4.79 Å². The van der Waals surface area contributed by atoms with Gasteiger partial charge in [0.25, 0.3) is 5.91 Å². The number of ether oxygens (including phenoxy) is 1. The maximum absolute atomic E-state index is 11.6. The molecule has 23 heavy (non-hydrogen) atoms. The van der Waals surface area contributed by atoms with Crippen LogP contribution in [0.4, 0.5) is 5.69 Å². The Labute approximate surface area is 135 Å². The van der Waals surface area contributed by atoms with E-state index in [-0.39, 0.29) is 18.1 Å². The van der Waals surface area contributed by atoms with Crippen molar-refractivity contribution in [3.8, 4) is 11.5 Å². The summed E-state index contributed by atoms with van der Waals surface area (Å²) in [6.45, 7) is -0.228. The lowest BCUT2D eigenvalue weighted by atomic mass is 10.2. The van der Waals surface area contributed by atoms with Crippen molar-refractivity contribution in [2.45, 2.75) is 0 Å². The van der Waals surface area contributed by atoms with Gasteiger partial charge in [0.15, 0.2) is 18.1 Å². The van der Waals surface area contributed by atoms with Gasteiger partial charge >= 0.3 is 0 Å². The molecule has 0 spiro atoms. The maximum atomic E-state index is 11.6. The van der Waals surface area contributed by atoms with Gasteiger partial charge in [0.1, 0.15) is 0 Å². The number of carbonyl (C=O) groups excluding carboxylic acids is 1. The molecule has 0 bridgehead atoms. The zero-order valence-electron chi connectivity index (χ0n) is 13.1. The van der Waals surface area contributed by atoms with Gasteiger partial charge in [-0.1, -0.05) is 24.3 Å². The molecule has 1 amide bonds. The van der Waals surface area contributed by atoms with Crippen LogP contribution >= 0.6 is 0 Å². The summed E-state index contributed by atoms with van der Waals surface area (Å²) in [5, 5.41) is 13.4. The van der Waals surface area contributed by atoms with Gasteiger partial charge in [0.2, 0.25) is 0 Å². The third-order valence-electron chi connectivity index (χ3n) is 3.04. The highest BCUT2D eigenvalue weighted by Gasteiger charge is 2.04. The summed E-state index contributed by atoms with van der Waals surface area (Å²) in [6.07, 6.45) is 1.55. The zero-order valence-corrected chi connectivity index (χ0v) is 13.1. The first-order chi connectivity index (χ1) is 11.1. The molecule has 2 N–H and O–H groups in total. The lowest BCUT2D eigenvalue weighted by Crippen LogP contribution is -2.24. The third kappa shape index (κ3) is 5.03. The third-order valence-corrected chi connectivity index (χ3v) is 3.04. The summed E-state index contributed by atoms with van der Waals surface area (Å²) in [5.41, 5.74) is 4.33. The topological polar surface area (TPSA) is 74.2 Å². The molecule has 0 aliphatic heterocycles. The molecule has 0 radical (unpaired) electrons. The number of hydrogen-bond acceptors (Lipinski definition) is 5. The van der Waals surface area contributed by atoms with Gasteiger partial charge in [0, 0.05) is 19.8 Å². The van der Waals surface area contributed by atoms with E-state index in [4.69, 9.17) is 4.74 Å². The van der Waals surface area contributed by atoms with Crippen LogP contribution < -0.4 is 15.1 Å². The number of aromatic hydroxyl groups is 1. The molecule has 0 saturated carbocycles. The summed E-state index contributed by atoms with van der Waals surface area (Å²) < 4.78 is 5.20. The zero-order chi connectivity index (χ0) is 16.7. The highest BCUT2D eigenvalue weighted by molar-refractivity contribution is 5.83. The number of hydrazone groups is 1. The van der Waals surface area contributed by atoms with Gasteiger partial charge in [-0.05, 0) is 29.8 Å². The molecule has 0 fully saturated rings. The second-order valence-corrected chi connectivity index (χ2v) is 5.04. The van der Waals surface area contributed by atoms with E-state index in [2.05, 4.69) is 10.5 Å². The Morgan fingerprint density at radius 2 is 1.91 bits per heavy atom. The maximum Gasteiger partial charge on any atom is 0.277 e. The van der Waals surface area contributed by atoms with Crippen molar-refractivity contribution >= 4 is 17.8 Å². The number of rotatable bonds is 6. The molecule has 2 aromatic carbocycles. The number of amides is 1. The average molecular weight is 313 g/mol. The van der Waals surface area contributed by atoms with Crippen LogP contribution in [0.5, 0.6) is 11.5 Å². The van der Waals surface area contributed by atoms with E-state index < -0.39 is 5.91 Å². The summed E-state index contributed by atoms with van der Waals surface area (Å²) >= 11 is 0. The molecule has 0 atom stereocenters. The first-order valence-electron chi connectivity index (χ1n) is 7.06. The van der Waals surface area contributed by atoms with Crippen molar-refractivity contribution in [3.63, 3.8) is 0 Å². The Kier molecular flexibility index (Phi) is 5.57. The summed E-state index contributed by atoms with van der Waals surface area (Å²) in [6, 6.07) is 14.2. The Bertz CT molecular complexity index is 682. The minimum Gasteiger partial charge on any atom is -0.504 e. The fourth-order valence-corrected chi connectivity index (χ4v) is 1.79. The van der Waals surface area contributed by atoms with E-state index in [1.54, 1.807) is 24.4 Å². The van der Waals surface area contributed by atoms with Gasteiger partial charge < -0.3 is 14.7 Å². The molecular weight excluding hydrogens is 294 g/mol. The van der Waals surface area contributed by atoms with Crippen molar-refractivity contribution in [3.05, 3.63) is 54.1 Å². The molecular formula is C17H19N3O3.